The van der Waals surface area contributed by atoms with Gasteiger partial charge in [-0.25, -0.2) is 0 Å². The van der Waals surface area contributed by atoms with E-state index in [0.717, 1.165) is 0 Å². The molecule has 179 valence electrons. The fourth-order valence-electron chi connectivity index (χ4n) is 8.49. The molecular weight excluding hydrogens is 551 g/mol. The summed E-state index contributed by atoms with van der Waals surface area (Å²) in [5.41, 5.74) is 6.37. The molecule has 0 bridgehead atoms. The Labute approximate surface area is 186 Å². The molecule has 0 radical (unpaired) electrons. The zero-order valence-electron chi connectivity index (χ0n) is 22.6. The monoisotopic (exact) mass is 603 g/mol. The Morgan fingerprint density at radius 3 is 2.03 bits per heavy atom. The molecule has 1 unspecified atom stereocenters. The zero-order valence-corrected chi connectivity index (χ0v) is 26.2. The van der Waals surface area contributed by atoms with E-state index in [9.17, 15) is 0 Å². The topological polar surface area (TPSA) is 0 Å². The van der Waals surface area contributed by atoms with Crippen LogP contribution in [0.2, 0.25) is 36.4 Å². The number of benzene rings is 1. The zero-order chi connectivity index (χ0) is 23.7. The van der Waals surface area contributed by atoms with Crippen molar-refractivity contribution < 1.29 is 12.6 Å². The molecule has 1 atom stereocenters. The second-order valence-corrected chi connectivity index (χ2v) is 131. The standard InChI is InChI=1S/C19H25.C5H5.7CH3.Hf/c1-2-3-4-5-6-8-15-11-12-18-13-16-9-7-10-17(16)14-19(15)18;1-2-4-5-3-1;;;;;;;;/h11-14H,2-10H2,1H3;1-5H;7*1H3;. The van der Waals surface area contributed by atoms with Crippen LogP contribution in [0.1, 0.15) is 74.1 Å². The van der Waals surface area contributed by atoms with Gasteiger partial charge >= 0.3 is 188 Å². The normalized spacial score (nSPS) is 28.8. The van der Waals surface area contributed by atoms with Gasteiger partial charge in [0.25, 0.3) is 0 Å². The molecule has 3 aliphatic rings. The number of rotatable bonds is 8. The van der Waals surface area contributed by atoms with Crippen LogP contribution in [-0.4, -0.2) is 0 Å². The number of hydrogen-bond acceptors (Lipinski definition) is 0. The van der Waals surface area contributed by atoms with E-state index < -0.39 is 12.6 Å². The molecule has 4 rings (SSSR count). The van der Waals surface area contributed by atoms with Crippen LogP contribution < -0.4 is 0 Å². The fourth-order valence-corrected chi connectivity index (χ4v) is 42.2. The minimum atomic E-state index is -5.62. The van der Waals surface area contributed by atoms with Crippen LogP contribution in [0.15, 0.2) is 42.5 Å². The molecule has 0 nitrogen and oxygen atoms in total. The number of allylic oxidation sites excluding steroid dienone is 5. The van der Waals surface area contributed by atoms with Crippen LogP contribution >= 0.6 is 0 Å². The average molecular weight is 602 g/mol. The van der Waals surface area contributed by atoms with E-state index in [1.54, 1.807) is 16.7 Å². The Bertz CT molecular complexity index is 1110. The van der Waals surface area contributed by atoms with E-state index in [4.69, 9.17) is 0 Å². The summed E-state index contributed by atoms with van der Waals surface area (Å²) >= 11 is -5.62. The first kappa shape index (κ1) is 24.4. The Balaban J connectivity index is 2.03. The van der Waals surface area contributed by atoms with Gasteiger partial charge in [-0.3, -0.25) is 0 Å². The molecule has 1 heteroatoms. The number of unbranched alkanes of at least 4 members (excludes halogenated alkanes) is 4. The van der Waals surface area contributed by atoms with E-state index in [1.807, 2.05) is 0 Å². The third-order valence-electron chi connectivity index (χ3n) is 11.6. The molecule has 0 amide bonds. The first-order chi connectivity index (χ1) is 14.2. The van der Waals surface area contributed by atoms with E-state index in [-0.39, 0.29) is 3.17 Å². The number of aryl methyl sites for hydroxylation is 2. The van der Waals surface area contributed by atoms with Gasteiger partial charge in [-0.05, 0) is 0 Å². The van der Waals surface area contributed by atoms with Crippen molar-refractivity contribution in [2.75, 3.05) is 0 Å². The maximum atomic E-state index is 2.78. The predicted octanol–water partition coefficient (Wildman–Crippen LogP) is 10.8. The third kappa shape index (κ3) is 3.01. The minimum absolute atomic E-state index is 0.0183. The van der Waals surface area contributed by atoms with Crippen molar-refractivity contribution in [3.8, 4) is 0 Å². The number of fused-ring (bicyclic) bond motifs is 2. The Morgan fingerprint density at radius 1 is 0.812 bits per heavy atom. The van der Waals surface area contributed by atoms with Crippen LogP contribution in [0.3, 0.4) is 0 Å². The first-order valence-electron chi connectivity index (χ1n) is 13.8. The molecular formula is C31H51Hf. The predicted molar refractivity (Wildman–Crippen MR) is 146 cm³/mol. The van der Waals surface area contributed by atoms with Gasteiger partial charge < -0.3 is 0 Å². The SMILES string of the molecule is CCCCCCC[C]1([Hf]([CH3])([CH3])([CH3])([CH3])([CH3])([CH3])([CH3])[CH]2C=CC=C2)C=Cc2cc3c(cc21)CCC3. The van der Waals surface area contributed by atoms with Gasteiger partial charge in [0.1, 0.15) is 0 Å². The van der Waals surface area contributed by atoms with Crippen molar-refractivity contribution >= 4 is 6.08 Å². The van der Waals surface area contributed by atoms with Gasteiger partial charge in [-0.15, -0.1) is 0 Å². The van der Waals surface area contributed by atoms with Crippen molar-refractivity contribution in [2.24, 2.45) is 0 Å². The maximum absolute atomic E-state index is 5.62. The quantitative estimate of drug-likeness (QED) is 0.205. The molecule has 0 fully saturated rings. The summed E-state index contributed by atoms with van der Waals surface area (Å²) in [5.74, 6) is 0. The molecule has 3 aliphatic carbocycles. The summed E-state index contributed by atoms with van der Waals surface area (Å²) < 4.78 is 19.9. The van der Waals surface area contributed by atoms with Crippen molar-refractivity contribution in [3.63, 3.8) is 0 Å². The third-order valence-corrected chi connectivity index (χ3v) is 57.7. The molecule has 0 heterocycles. The van der Waals surface area contributed by atoms with Gasteiger partial charge in [-0.1, -0.05) is 0 Å². The molecule has 1 aromatic rings. The number of hydrogen-bond donors (Lipinski definition) is 0. The first-order valence-corrected chi connectivity index (χ1v) is 42.8. The molecule has 0 N–H and O–H groups in total. The Kier molecular flexibility index (Phi) is 3.70. The second-order valence-electron chi connectivity index (χ2n) is 22.2. The molecule has 0 aliphatic heterocycles. The van der Waals surface area contributed by atoms with Gasteiger partial charge in [-0.2, -0.15) is 0 Å². The summed E-state index contributed by atoms with van der Waals surface area (Å²) in [4.78, 5) is 0. The van der Waals surface area contributed by atoms with Gasteiger partial charge in [0.2, 0.25) is 0 Å². The van der Waals surface area contributed by atoms with E-state index in [1.165, 1.54) is 63.4 Å². The molecule has 0 spiro atoms. The van der Waals surface area contributed by atoms with Crippen LogP contribution in [0.4, 0.5) is 0 Å². The van der Waals surface area contributed by atoms with E-state index >= 15 is 0 Å². The van der Waals surface area contributed by atoms with Crippen molar-refractivity contribution in [3.05, 3.63) is 64.8 Å². The van der Waals surface area contributed by atoms with Crippen LogP contribution in [0, 0.1) is 0 Å². The van der Waals surface area contributed by atoms with Crippen molar-refractivity contribution in [2.45, 2.75) is 104 Å². The average Bonchev–Trinajstić information content (AvgIpc) is 3.38. The molecule has 1 aromatic carbocycles. The summed E-state index contributed by atoms with van der Waals surface area (Å²) in [5, 5.41) is 0. The van der Waals surface area contributed by atoms with Crippen LogP contribution in [-0.2, 0) is 28.6 Å². The molecule has 0 saturated carbocycles. The Hall–Kier alpha value is -0.690. The second kappa shape index (κ2) is 4.85. The fraction of sp³-hybridized carbons (Fsp3) is 0.613. The van der Waals surface area contributed by atoms with Crippen LogP contribution in [0.25, 0.3) is 6.08 Å². The molecule has 0 aromatic heterocycles. The van der Waals surface area contributed by atoms with E-state index in [0.29, 0.717) is 3.67 Å². The van der Waals surface area contributed by atoms with Crippen molar-refractivity contribution in [1.29, 1.82) is 0 Å². The Morgan fingerprint density at radius 2 is 1.41 bits per heavy atom. The van der Waals surface area contributed by atoms with Crippen molar-refractivity contribution in [1.82, 2.24) is 0 Å². The summed E-state index contributed by atoms with van der Waals surface area (Å²) in [6.45, 7) is 2.32. The van der Waals surface area contributed by atoms with Gasteiger partial charge in [0, 0.05) is 0 Å². The van der Waals surface area contributed by atoms with Crippen LogP contribution in [0.5, 0.6) is 0 Å². The molecule has 32 heavy (non-hydrogen) atoms. The summed E-state index contributed by atoms with van der Waals surface area (Å²) in [6.07, 6.45) is 26.7. The molecule has 0 saturated heterocycles. The summed E-state index contributed by atoms with van der Waals surface area (Å²) in [7, 11) is 0. The van der Waals surface area contributed by atoms with Gasteiger partial charge in [0.05, 0.1) is 0 Å². The van der Waals surface area contributed by atoms with Gasteiger partial charge in [0.15, 0.2) is 0 Å². The van der Waals surface area contributed by atoms with E-state index in [2.05, 4.69) is 88.3 Å². The summed E-state index contributed by atoms with van der Waals surface area (Å²) in [6, 6.07) is 5.23.